The van der Waals surface area contributed by atoms with Crippen LogP contribution in [0, 0.1) is 0 Å². The van der Waals surface area contributed by atoms with Crippen LogP contribution in [-0.4, -0.2) is 35.2 Å². The minimum absolute atomic E-state index is 0.00792. The molecule has 1 saturated heterocycles. The molecule has 1 aliphatic rings. The van der Waals surface area contributed by atoms with Crippen LogP contribution in [0.5, 0.6) is 0 Å². The van der Waals surface area contributed by atoms with Crippen molar-refractivity contribution in [2.75, 3.05) is 13.1 Å². The first-order chi connectivity index (χ1) is 5.72. The van der Waals surface area contributed by atoms with Crippen molar-refractivity contribution in [3.63, 3.8) is 0 Å². The van der Waals surface area contributed by atoms with Crippen LogP contribution < -0.4 is 0 Å². The van der Waals surface area contributed by atoms with Crippen LogP contribution in [0.3, 0.4) is 0 Å². The van der Waals surface area contributed by atoms with E-state index in [2.05, 4.69) is 46.4 Å². The average Bonchev–Trinajstić information content (AvgIpc) is 1.79. The number of ether oxygens (including phenoxy) is 1. The minimum atomic E-state index is -0.00792. The molecule has 1 fully saturated rings. The van der Waals surface area contributed by atoms with Gasteiger partial charge in [0, 0.05) is 19.1 Å². The normalized spacial score (nSPS) is 27.9. The number of rotatable bonds is 1. The maximum atomic E-state index is 6.00. The standard InChI is InChI=1S/C11H23NO/c1-9(2)12-7-10(3,4)13-11(5,6)8-12/h9H,7-8H2,1-6H3. The van der Waals surface area contributed by atoms with Crippen molar-refractivity contribution in [2.45, 2.75) is 58.8 Å². The van der Waals surface area contributed by atoms with E-state index in [-0.39, 0.29) is 11.2 Å². The number of hydrogen-bond acceptors (Lipinski definition) is 2. The zero-order valence-electron chi connectivity index (χ0n) is 9.85. The smallest absolute Gasteiger partial charge is 0.0760 e. The zero-order valence-corrected chi connectivity index (χ0v) is 9.85. The third-order valence-corrected chi connectivity index (χ3v) is 2.45. The van der Waals surface area contributed by atoms with Crippen molar-refractivity contribution >= 4 is 0 Å². The van der Waals surface area contributed by atoms with Crippen LogP contribution in [-0.2, 0) is 4.74 Å². The molecule has 1 rings (SSSR count). The lowest BCUT2D eigenvalue weighted by Gasteiger charge is -2.48. The summed E-state index contributed by atoms with van der Waals surface area (Å²) in [5, 5.41) is 0. The minimum Gasteiger partial charge on any atom is -0.367 e. The molecule has 0 unspecified atom stereocenters. The van der Waals surface area contributed by atoms with Gasteiger partial charge in [-0.15, -0.1) is 0 Å². The summed E-state index contributed by atoms with van der Waals surface area (Å²) in [5.41, 5.74) is -0.0158. The Morgan fingerprint density at radius 3 is 1.69 bits per heavy atom. The van der Waals surface area contributed by atoms with Gasteiger partial charge in [0.2, 0.25) is 0 Å². The number of morpholine rings is 1. The monoisotopic (exact) mass is 185 g/mol. The van der Waals surface area contributed by atoms with Gasteiger partial charge in [-0.25, -0.2) is 0 Å². The van der Waals surface area contributed by atoms with Crippen molar-refractivity contribution in [3.8, 4) is 0 Å². The molecule has 0 aromatic heterocycles. The number of nitrogens with zero attached hydrogens (tertiary/aromatic N) is 1. The topological polar surface area (TPSA) is 12.5 Å². The van der Waals surface area contributed by atoms with Crippen LogP contribution >= 0.6 is 0 Å². The molecule has 1 heterocycles. The molecule has 0 aromatic rings. The summed E-state index contributed by atoms with van der Waals surface area (Å²) in [6.07, 6.45) is 0. The van der Waals surface area contributed by atoms with E-state index in [0.717, 1.165) is 13.1 Å². The molecule has 0 amide bonds. The number of hydrogen-bond donors (Lipinski definition) is 0. The molecule has 0 atom stereocenters. The quantitative estimate of drug-likeness (QED) is 0.621. The van der Waals surface area contributed by atoms with Gasteiger partial charge >= 0.3 is 0 Å². The van der Waals surface area contributed by atoms with Gasteiger partial charge in [0.25, 0.3) is 0 Å². The molecule has 0 radical (unpaired) electrons. The van der Waals surface area contributed by atoms with Crippen LogP contribution in [0.2, 0.25) is 0 Å². The fourth-order valence-electron chi connectivity index (χ4n) is 2.21. The summed E-state index contributed by atoms with van der Waals surface area (Å²) in [6.45, 7) is 15.2. The van der Waals surface area contributed by atoms with Gasteiger partial charge in [-0.05, 0) is 41.5 Å². The Kier molecular flexibility index (Phi) is 2.75. The summed E-state index contributed by atoms with van der Waals surface area (Å²) >= 11 is 0. The molecule has 1 aliphatic heterocycles. The second-order valence-electron chi connectivity index (χ2n) is 5.62. The Balaban J connectivity index is 2.72. The highest BCUT2D eigenvalue weighted by molar-refractivity contribution is 4.90. The van der Waals surface area contributed by atoms with E-state index in [4.69, 9.17) is 4.74 Å². The van der Waals surface area contributed by atoms with Crippen molar-refractivity contribution < 1.29 is 4.74 Å². The maximum absolute atomic E-state index is 6.00. The van der Waals surface area contributed by atoms with E-state index >= 15 is 0 Å². The molecule has 2 heteroatoms. The molecule has 0 N–H and O–H groups in total. The molecule has 0 saturated carbocycles. The molecule has 13 heavy (non-hydrogen) atoms. The summed E-state index contributed by atoms with van der Waals surface area (Å²) in [6, 6.07) is 0.613. The van der Waals surface area contributed by atoms with Gasteiger partial charge in [0.1, 0.15) is 0 Å². The van der Waals surface area contributed by atoms with Gasteiger partial charge < -0.3 is 4.74 Å². The fraction of sp³-hybridized carbons (Fsp3) is 1.00. The summed E-state index contributed by atoms with van der Waals surface area (Å²) < 4.78 is 6.00. The summed E-state index contributed by atoms with van der Waals surface area (Å²) in [7, 11) is 0. The van der Waals surface area contributed by atoms with Crippen LogP contribution in [0.4, 0.5) is 0 Å². The second-order valence-corrected chi connectivity index (χ2v) is 5.62. The lowest BCUT2D eigenvalue weighted by atomic mass is 9.98. The van der Waals surface area contributed by atoms with Gasteiger partial charge in [0.05, 0.1) is 11.2 Å². The molecule has 0 aliphatic carbocycles. The van der Waals surface area contributed by atoms with E-state index in [1.54, 1.807) is 0 Å². The first-order valence-electron chi connectivity index (χ1n) is 5.16. The van der Waals surface area contributed by atoms with E-state index in [1.807, 2.05) is 0 Å². The fourth-order valence-corrected chi connectivity index (χ4v) is 2.21. The van der Waals surface area contributed by atoms with Crippen molar-refractivity contribution in [1.82, 2.24) is 4.90 Å². The molecule has 2 nitrogen and oxygen atoms in total. The second kappa shape index (κ2) is 3.25. The predicted octanol–water partition coefficient (Wildman–Crippen LogP) is 2.28. The van der Waals surface area contributed by atoms with E-state index in [1.165, 1.54) is 0 Å². The third kappa shape index (κ3) is 2.96. The first kappa shape index (κ1) is 11.0. The highest BCUT2D eigenvalue weighted by atomic mass is 16.5. The molecule has 0 spiro atoms. The van der Waals surface area contributed by atoms with Gasteiger partial charge in [-0.2, -0.15) is 0 Å². The largest absolute Gasteiger partial charge is 0.367 e. The van der Waals surface area contributed by atoms with Crippen molar-refractivity contribution in [2.24, 2.45) is 0 Å². The lowest BCUT2D eigenvalue weighted by molar-refractivity contribution is -0.185. The Hall–Kier alpha value is -0.0800. The van der Waals surface area contributed by atoms with Crippen LogP contribution in [0.1, 0.15) is 41.5 Å². The lowest BCUT2D eigenvalue weighted by Crippen LogP contribution is -2.58. The Morgan fingerprint density at radius 2 is 1.38 bits per heavy atom. The van der Waals surface area contributed by atoms with Gasteiger partial charge in [0.15, 0.2) is 0 Å². The van der Waals surface area contributed by atoms with E-state index in [0.29, 0.717) is 6.04 Å². The van der Waals surface area contributed by atoms with E-state index in [9.17, 15) is 0 Å². The summed E-state index contributed by atoms with van der Waals surface area (Å²) in [4.78, 5) is 2.49. The average molecular weight is 185 g/mol. The predicted molar refractivity (Wildman–Crippen MR) is 56.0 cm³/mol. The van der Waals surface area contributed by atoms with Crippen molar-refractivity contribution in [1.29, 1.82) is 0 Å². The molecule has 78 valence electrons. The van der Waals surface area contributed by atoms with Crippen LogP contribution in [0.15, 0.2) is 0 Å². The Bertz CT molecular complexity index is 169. The SMILES string of the molecule is CC(C)N1CC(C)(C)OC(C)(C)C1. The molecule has 0 bridgehead atoms. The first-order valence-corrected chi connectivity index (χ1v) is 5.16. The van der Waals surface area contributed by atoms with E-state index < -0.39 is 0 Å². The Morgan fingerprint density at radius 1 is 1.00 bits per heavy atom. The van der Waals surface area contributed by atoms with Gasteiger partial charge in [-0.1, -0.05) is 0 Å². The highest BCUT2D eigenvalue weighted by Gasteiger charge is 2.38. The van der Waals surface area contributed by atoms with Crippen molar-refractivity contribution in [3.05, 3.63) is 0 Å². The van der Waals surface area contributed by atoms with Gasteiger partial charge in [-0.3, -0.25) is 4.90 Å². The third-order valence-electron chi connectivity index (χ3n) is 2.45. The zero-order chi connectivity index (χ0) is 10.3. The molecule has 0 aromatic carbocycles. The summed E-state index contributed by atoms with van der Waals surface area (Å²) in [5.74, 6) is 0. The molecular weight excluding hydrogens is 162 g/mol. The molecular formula is C11H23NO. The maximum Gasteiger partial charge on any atom is 0.0760 e. The highest BCUT2D eigenvalue weighted by Crippen LogP contribution is 2.28. The Labute approximate surface area is 82.3 Å². The van der Waals surface area contributed by atoms with Crippen LogP contribution in [0.25, 0.3) is 0 Å².